The van der Waals surface area contributed by atoms with Crippen molar-refractivity contribution in [2.45, 2.75) is 44.2 Å². The van der Waals surface area contributed by atoms with Crippen LogP contribution in [0.1, 0.15) is 33.1 Å². The van der Waals surface area contributed by atoms with E-state index in [-0.39, 0.29) is 11.1 Å². The maximum absolute atomic E-state index is 9.65. The SMILES string of the molecule is CC1(C)CC(C#N)(N2CCCNCC2)CCO1. The van der Waals surface area contributed by atoms with Crippen LogP contribution in [0.4, 0.5) is 0 Å². The Kier molecular flexibility index (Phi) is 3.72. The van der Waals surface area contributed by atoms with Gasteiger partial charge in [0.25, 0.3) is 0 Å². The molecule has 2 rings (SSSR count). The average Bonchev–Trinajstić information content (AvgIpc) is 2.56. The fourth-order valence-corrected chi connectivity index (χ4v) is 3.05. The number of nitrogens with zero attached hydrogens (tertiary/aromatic N) is 2. The van der Waals surface area contributed by atoms with Gasteiger partial charge in [-0.25, -0.2) is 0 Å². The zero-order chi connectivity index (χ0) is 12.4. The summed E-state index contributed by atoms with van der Waals surface area (Å²) < 4.78 is 5.75. The molecule has 2 saturated heterocycles. The Morgan fingerprint density at radius 3 is 2.82 bits per heavy atom. The molecule has 0 radical (unpaired) electrons. The van der Waals surface area contributed by atoms with E-state index in [1.807, 2.05) is 0 Å². The Bertz CT molecular complexity index is 302. The Labute approximate surface area is 104 Å². The molecule has 0 aromatic carbocycles. The van der Waals surface area contributed by atoms with Gasteiger partial charge in [-0.15, -0.1) is 0 Å². The van der Waals surface area contributed by atoms with Crippen molar-refractivity contribution in [3.05, 3.63) is 0 Å². The van der Waals surface area contributed by atoms with E-state index in [1.165, 1.54) is 0 Å². The molecule has 0 bridgehead atoms. The van der Waals surface area contributed by atoms with Crippen LogP contribution in [0, 0.1) is 11.3 Å². The van der Waals surface area contributed by atoms with Crippen LogP contribution in [0.15, 0.2) is 0 Å². The van der Waals surface area contributed by atoms with Crippen LogP contribution in [0.3, 0.4) is 0 Å². The molecule has 4 nitrogen and oxygen atoms in total. The third-order valence-corrected chi connectivity index (χ3v) is 3.88. The Balaban J connectivity index is 2.15. The minimum absolute atomic E-state index is 0.173. The molecule has 2 aliphatic rings. The summed E-state index contributed by atoms with van der Waals surface area (Å²) in [5.74, 6) is 0. The molecule has 1 unspecified atom stereocenters. The number of nitriles is 1. The maximum atomic E-state index is 9.65. The normalized spacial score (nSPS) is 34.9. The lowest BCUT2D eigenvalue weighted by atomic mass is 9.81. The van der Waals surface area contributed by atoms with E-state index >= 15 is 0 Å². The lowest BCUT2D eigenvalue weighted by molar-refractivity contribution is -0.102. The molecule has 0 aromatic heterocycles. The molecule has 0 saturated carbocycles. The van der Waals surface area contributed by atoms with Gasteiger partial charge in [-0.05, 0) is 26.8 Å². The van der Waals surface area contributed by atoms with Crippen LogP contribution >= 0.6 is 0 Å². The van der Waals surface area contributed by atoms with E-state index in [1.54, 1.807) is 0 Å². The van der Waals surface area contributed by atoms with Gasteiger partial charge < -0.3 is 10.1 Å². The quantitative estimate of drug-likeness (QED) is 0.743. The summed E-state index contributed by atoms with van der Waals surface area (Å²) in [6.07, 6.45) is 2.79. The summed E-state index contributed by atoms with van der Waals surface area (Å²) in [4.78, 5) is 2.37. The molecule has 96 valence electrons. The zero-order valence-electron chi connectivity index (χ0n) is 11.0. The van der Waals surface area contributed by atoms with Gasteiger partial charge in [-0.3, -0.25) is 4.90 Å². The second-order valence-corrected chi connectivity index (χ2v) is 5.77. The minimum atomic E-state index is -0.312. The van der Waals surface area contributed by atoms with Crippen LogP contribution in [-0.2, 0) is 4.74 Å². The molecule has 0 spiro atoms. The predicted octanol–water partition coefficient (Wildman–Crippen LogP) is 1.13. The first-order chi connectivity index (χ1) is 8.08. The van der Waals surface area contributed by atoms with Gasteiger partial charge in [0.15, 0.2) is 0 Å². The summed E-state index contributed by atoms with van der Waals surface area (Å²) in [5, 5.41) is 13.0. The molecule has 0 aromatic rings. The molecule has 2 fully saturated rings. The highest BCUT2D eigenvalue weighted by Crippen LogP contribution is 2.36. The lowest BCUT2D eigenvalue weighted by Gasteiger charge is -2.46. The highest BCUT2D eigenvalue weighted by atomic mass is 16.5. The first-order valence-electron chi connectivity index (χ1n) is 6.59. The third-order valence-electron chi connectivity index (χ3n) is 3.88. The summed E-state index contributed by atoms with van der Waals surface area (Å²) in [6, 6.07) is 2.59. The van der Waals surface area contributed by atoms with Gasteiger partial charge >= 0.3 is 0 Å². The Morgan fingerprint density at radius 1 is 1.29 bits per heavy atom. The number of rotatable bonds is 1. The molecule has 2 heterocycles. The number of hydrogen-bond acceptors (Lipinski definition) is 4. The first-order valence-corrected chi connectivity index (χ1v) is 6.59. The molecular weight excluding hydrogens is 214 g/mol. The lowest BCUT2D eigenvalue weighted by Crippen LogP contribution is -2.56. The van der Waals surface area contributed by atoms with Crippen molar-refractivity contribution in [2.24, 2.45) is 0 Å². The third kappa shape index (κ3) is 2.79. The fraction of sp³-hybridized carbons (Fsp3) is 0.923. The number of hydrogen-bond donors (Lipinski definition) is 1. The van der Waals surface area contributed by atoms with Crippen LogP contribution in [0.5, 0.6) is 0 Å². The van der Waals surface area contributed by atoms with Gasteiger partial charge in [0, 0.05) is 32.5 Å². The topological polar surface area (TPSA) is 48.3 Å². The van der Waals surface area contributed by atoms with Crippen molar-refractivity contribution in [3.63, 3.8) is 0 Å². The van der Waals surface area contributed by atoms with Crippen molar-refractivity contribution >= 4 is 0 Å². The minimum Gasteiger partial charge on any atom is -0.375 e. The molecule has 4 heteroatoms. The molecule has 0 aliphatic carbocycles. The molecule has 1 N–H and O–H groups in total. The zero-order valence-corrected chi connectivity index (χ0v) is 11.0. The molecule has 17 heavy (non-hydrogen) atoms. The van der Waals surface area contributed by atoms with E-state index < -0.39 is 0 Å². The van der Waals surface area contributed by atoms with Crippen LogP contribution in [0.2, 0.25) is 0 Å². The summed E-state index contributed by atoms with van der Waals surface area (Å²) in [6.45, 7) is 8.94. The molecule has 2 aliphatic heterocycles. The van der Waals surface area contributed by atoms with Crippen LogP contribution in [0.25, 0.3) is 0 Å². The van der Waals surface area contributed by atoms with Crippen molar-refractivity contribution in [3.8, 4) is 6.07 Å². The summed E-state index contributed by atoms with van der Waals surface area (Å²) in [7, 11) is 0. The first kappa shape index (κ1) is 12.8. The second-order valence-electron chi connectivity index (χ2n) is 5.77. The monoisotopic (exact) mass is 237 g/mol. The number of nitrogens with one attached hydrogen (secondary N) is 1. The van der Waals surface area contributed by atoms with Crippen LogP contribution in [-0.4, -0.2) is 48.8 Å². The van der Waals surface area contributed by atoms with Gasteiger partial charge in [0.05, 0.1) is 18.3 Å². The molecular formula is C13H23N3O. The fourth-order valence-electron chi connectivity index (χ4n) is 3.05. The Morgan fingerprint density at radius 2 is 2.12 bits per heavy atom. The standard InChI is InChI=1S/C13H23N3O/c1-12(2)10-13(11-14,4-9-17-12)16-7-3-5-15-6-8-16/h15H,3-10H2,1-2H3. The van der Waals surface area contributed by atoms with Gasteiger partial charge in [-0.2, -0.15) is 5.26 Å². The van der Waals surface area contributed by atoms with Crippen molar-refractivity contribution in [1.82, 2.24) is 10.2 Å². The van der Waals surface area contributed by atoms with Crippen molar-refractivity contribution in [1.29, 1.82) is 5.26 Å². The van der Waals surface area contributed by atoms with E-state index in [0.29, 0.717) is 6.61 Å². The van der Waals surface area contributed by atoms with E-state index in [0.717, 1.165) is 45.4 Å². The Hall–Kier alpha value is -0.630. The van der Waals surface area contributed by atoms with E-state index in [4.69, 9.17) is 4.74 Å². The number of ether oxygens (including phenoxy) is 1. The van der Waals surface area contributed by atoms with Crippen molar-refractivity contribution in [2.75, 3.05) is 32.8 Å². The van der Waals surface area contributed by atoms with Gasteiger partial charge in [-0.1, -0.05) is 0 Å². The molecule has 0 amide bonds. The molecule has 1 atom stereocenters. The van der Waals surface area contributed by atoms with Crippen LogP contribution < -0.4 is 5.32 Å². The smallest absolute Gasteiger partial charge is 0.114 e. The summed E-state index contributed by atoms with van der Waals surface area (Å²) in [5.41, 5.74) is -0.485. The highest BCUT2D eigenvalue weighted by Gasteiger charge is 2.45. The van der Waals surface area contributed by atoms with Gasteiger partial charge in [0.1, 0.15) is 5.54 Å². The van der Waals surface area contributed by atoms with Gasteiger partial charge in [0.2, 0.25) is 0 Å². The average molecular weight is 237 g/mol. The van der Waals surface area contributed by atoms with E-state index in [2.05, 4.69) is 30.1 Å². The second kappa shape index (κ2) is 4.93. The highest BCUT2D eigenvalue weighted by molar-refractivity contribution is 5.13. The predicted molar refractivity (Wildman–Crippen MR) is 66.7 cm³/mol. The summed E-state index contributed by atoms with van der Waals surface area (Å²) >= 11 is 0. The largest absolute Gasteiger partial charge is 0.375 e. The van der Waals surface area contributed by atoms with E-state index in [9.17, 15) is 5.26 Å². The maximum Gasteiger partial charge on any atom is 0.114 e. The van der Waals surface area contributed by atoms with Crippen molar-refractivity contribution < 1.29 is 4.74 Å².